The first-order valence-electron chi connectivity index (χ1n) is 7.35. The minimum Gasteiger partial charge on any atom is -0.497 e. The van der Waals surface area contributed by atoms with E-state index in [2.05, 4.69) is 26.5 Å². The molecule has 0 spiro atoms. The van der Waals surface area contributed by atoms with Crippen molar-refractivity contribution in [2.75, 3.05) is 13.7 Å². The molecule has 6 heteroatoms. The molecule has 0 radical (unpaired) electrons. The third-order valence-electron chi connectivity index (χ3n) is 3.24. The highest BCUT2D eigenvalue weighted by Gasteiger charge is 2.08. The molecule has 0 heterocycles. The Kier molecular flexibility index (Phi) is 6.37. The molecule has 0 saturated heterocycles. The smallest absolute Gasteiger partial charge is 0.277 e. The fourth-order valence-electron chi connectivity index (χ4n) is 2.12. The number of nitrogens with zero attached hydrogens (tertiary/aromatic N) is 1. The van der Waals surface area contributed by atoms with Crippen LogP contribution in [-0.4, -0.2) is 25.8 Å². The minimum absolute atomic E-state index is 0.109. The zero-order valence-electron chi connectivity index (χ0n) is 13.8. The molecular formula is C18H19BrN2O3. The van der Waals surface area contributed by atoms with Crippen LogP contribution in [0, 0.1) is 13.8 Å². The zero-order chi connectivity index (χ0) is 17.5. The molecule has 0 aromatic heterocycles. The summed E-state index contributed by atoms with van der Waals surface area (Å²) in [4.78, 5) is 11.8. The summed E-state index contributed by atoms with van der Waals surface area (Å²) in [6.45, 7) is 3.83. The predicted octanol–water partition coefficient (Wildman–Crippen LogP) is 3.60. The van der Waals surface area contributed by atoms with E-state index in [0.29, 0.717) is 5.75 Å². The number of hydrogen-bond acceptors (Lipinski definition) is 4. The number of halogens is 1. The summed E-state index contributed by atoms with van der Waals surface area (Å²) in [7, 11) is 1.61. The molecule has 126 valence electrons. The van der Waals surface area contributed by atoms with E-state index < -0.39 is 0 Å². The molecule has 0 saturated carbocycles. The van der Waals surface area contributed by atoms with Crippen LogP contribution in [-0.2, 0) is 4.79 Å². The van der Waals surface area contributed by atoms with Crippen LogP contribution in [0.3, 0.4) is 0 Å². The van der Waals surface area contributed by atoms with Crippen LogP contribution in [0.1, 0.15) is 16.7 Å². The highest BCUT2D eigenvalue weighted by molar-refractivity contribution is 9.10. The number of carbonyl (C=O) groups excluding carboxylic acids is 1. The summed E-state index contributed by atoms with van der Waals surface area (Å²) >= 11 is 3.45. The quantitative estimate of drug-likeness (QED) is 0.605. The SMILES string of the molecule is COc1ccc(C=NNC(=O)COc2c(C)cc(C)cc2Br)cc1. The maximum atomic E-state index is 11.8. The first kappa shape index (κ1) is 18.0. The van der Waals surface area contributed by atoms with Crippen LogP contribution in [0.2, 0.25) is 0 Å². The van der Waals surface area contributed by atoms with Crippen molar-refractivity contribution in [2.24, 2.45) is 5.10 Å². The fourth-order valence-corrected chi connectivity index (χ4v) is 2.91. The molecule has 0 unspecified atom stereocenters. The van der Waals surface area contributed by atoms with Gasteiger partial charge in [-0.15, -0.1) is 0 Å². The van der Waals surface area contributed by atoms with Gasteiger partial charge in [0, 0.05) is 0 Å². The Bertz CT molecular complexity index is 719. The second kappa shape index (κ2) is 8.49. The van der Waals surface area contributed by atoms with E-state index in [1.165, 1.54) is 0 Å². The normalized spacial score (nSPS) is 10.7. The minimum atomic E-state index is -0.327. The summed E-state index contributed by atoms with van der Waals surface area (Å²) in [5.41, 5.74) is 5.39. The van der Waals surface area contributed by atoms with Crippen molar-refractivity contribution in [3.63, 3.8) is 0 Å². The Hall–Kier alpha value is -2.34. The van der Waals surface area contributed by atoms with Crippen LogP contribution in [0.5, 0.6) is 11.5 Å². The monoisotopic (exact) mass is 390 g/mol. The van der Waals surface area contributed by atoms with Crippen molar-refractivity contribution in [1.29, 1.82) is 0 Å². The van der Waals surface area contributed by atoms with Gasteiger partial charge in [0.15, 0.2) is 6.61 Å². The number of hydrazone groups is 1. The summed E-state index contributed by atoms with van der Waals surface area (Å²) < 4.78 is 11.5. The lowest BCUT2D eigenvalue weighted by molar-refractivity contribution is -0.123. The van der Waals surface area contributed by atoms with E-state index in [0.717, 1.165) is 26.9 Å². The molecule has 1 N–H and O–H groups in total. The molecule has 0 atom stereocenters. The molecule has 0 fully saturated rings. The molecular weight excluding hydrogens is 372 g/mol. The molecule has 5 nitrogen and oxygen atoms in total. The van der Waals surface area contributed by atoms with Gasteiger partial charge in [-0.05, 0) is 76.8 Å². The van der Waals surface area contributed by atoms with E-state index >= 15 is 0 Å². The molecule has 2 aromatic rings. The maximum absolute atomic E-state index is 11.8. The average Bonchev–Trinajstić information content (AvgIpc) is 2.54. The lowest BCUT2D eigenvalue weighted by Gasteiger charge is -2.11. The van der Waals surface area contributed by atoms with E-state index in [4.69, 9.17) is 9.47 Å². The van der Waals surface area contributed by atoms with Gasteiger partial charge in [0.2, 0.25) is 0 Å². The number of carbonyl (C=O) groups is 1. The summed E-state index contributed by atoms with van der Waals surface area (Å²) in [5, 5.41) is 3.91. The number of hydrogen-bond donors (Lipinski definition) is 1. The van der Waals surface area contributed by atoms with Gasteiger partial charge >= 0.3 is 0 Å². The number of benzene rings is 2. The predicted molar refractivity (Wildman–Crippen MR) is 97.8 cm³/mol. The molecule has 2 aromatic carbocycles. The van der Waals surface area contributed by atoms with E-state index in [9.17, 15) is 4.79 Å². The summed E-state index contributed by atoms with van der Waals surface area (Å²) in [6, 6.07) is 11.3. The third-order valence-corrected chi connectivity index (χ3v) is 3.83. The van der Waals surface area contributed by atoms with Gasteiger partial charge in [-0.1, -0.05) is 6.07 Å². The van der Waals surface area contributed by atoms with Crippen LogP contribution in [0.4, 0.5) is 0 Å². The Morgan fingerprint density at radius 3 is 2.58 bits per heavy atom. The molecule has 1 amide bonds. The Labute approximate surface area is 149 Å². The standard InChI is InChI=1S/C18H19BrN2O3/c1-12-8-13(2)18(16(19)9-12)24-11-17(22)21-20-10-14-4-6-15(23-3)7-5-14/h4-10H,11H2,1-3H3,(H,21,22). The van der Waals surface area contributed by atoms with E-state index in [1.54, 1.807) is 13.3 Å². The lowest BCUT2D eigenvalue weighted by Crippen LogP contribution is -2.24. The third kappa shape index (κ3) is 5.09. The van der Waals surface area contributed by atoms with Crippen LogP contribution in [0.15, 0.2) is 46.0 Å². The zero-order valence-corrected chi connectivity index (χ0v) is 15.4. The van der Waals surface area contributed by atoms with Gasteiger partial charge in [-0.2, -0.15) is 5.10 Å². The molecule has 0 aliphatic rings. The van der Waals surface area contributed by atoms with Crippen molar-refractivity contribution < 1.29 is 14.3 Å². The van der Waals surface area contributed by atoms with Gasteiger partial charge in [0.1, 0.15) is 11.5 Å². The highest BCUT2D eigenvalue weighted by Crippen LogP contribution is 2.30. The van der Waals surface area contributed by atoms with Crippen molar-refractivity contribution in [3.05, 3.63) is 57.6 Å². The highest BCUT2D eigenvalue weighted by atomic mass is 79.9. The molecule has 2 rings (SSSR count). The average molecular weight is 391 g/mol. The first-order chi connectivity index (χ1) is 11.5. The molecule has 24 heavy (non-hydrogen) atoms. The second-order valence-electron chi connectivity index (χ2n) is 5.25. The first-order valence-corrected chi connectivity index (χ1v) is 8.14. The number of nitrogens with one attached hydrogen (secondary N) is 1. The number of aryl methyl sites for hydroxylation is 2. The van der Waals surface area contributed by atoms with Gasteiger partial charge < -0.3 is 9.47 Å². The van der Waals surface area contributed by atoms with Gasteiger partial charge in [-0.3, -0.25) is 4.79 Å². The largest absolute Gasteiger partial charge is 0.497 e. The van der Waals surface area contributed by atoms with Crippen molar-refractivity contribution in [2.45, 2.75) is 13.8 Å². The fraction of sp³-hybridized carbons (Fsp3) is 0.222. The van der Waals surface area contributed by atoms with Crippen molar-refractivity contribution >= 4 is 28.1 Å². The van der Waals surface area contributed by atoms with E-state index in [1.807, 2.05) is 50.2 Å². The lowest BCUT2D eigenvalue weighted by atomic mass is 10.1. The van der Waals surface area contributed by atoms with Gasteiger partial charge in [0.25, 0.3) is 5.91 Å². The van der Waals surface area contributed by atoms with Crippen molar-refractivity contribution in [1.82, 2.24) is 5.43 Å². The Morgan fingerprint density at radius 2 is 1.96 bits per heavy atom. The van der Waals surface area contributed by atoms with E-state index in [-0.39, 0.29) is 12.5 Å². The number of methoxy groups -OCH3 is 1. The molecule has 0 bridgehead atoms. The second-order valence-corrected chi connectivity index (χ2v) is 6.10. The number of ether oxygens (including phenoxy) is 2. The van der Waals surface area contributed by atoms with Gasteiger partial charge in [0.05, 0.1) is 17.8 Å². The molecule has 0 aliphatic carbocycles. The van der Waals surface area contributed by atoms with Crippen LogP contribution >= 0.6 is 15.9 Å². The maximum Gasteiger partial charge on any atom is 0.277 e. The Morgan fingerprint density at radius 1 is 1.25 bits per heavy atom. The van der Waals surface area contributed by atoms with Gasteiger partial charge in [-0.25, -0.2) is 5.43 Å². The summed E-state index contributed by atoms with van der Waals surface area (Å²) in [6.07, 6.45) is 1.56. The van der Waals surface area contributed by atoms with Crippen LogP contribution < -0.4 is 14.9 Å². The van der Waals surface area contributed by atoms with Crippen LogP contribution in [0.25, 0.3) is 0 Å². The van der Waals surface area contributed by atoms with Crippen molar-refractivity contribution in [3.8, 4) is 11.5 Å². The topological polar surface area (TPSA) is 59.9 Å². The number of amides is 1. The summed E-state index contributed by atoms with van der Waals surface area (Å²) in [5.74, 6) is 1.10. The number of rotatable bonds is 6. The Balaban J connectivity index is 1.86. The molecule has 0 aliphatic heterocycles.